The molecule has 2 heterocycles. The fourth-order valence-electron chi connectivity index (χ4n) is 1.80. The molecule has 0 bridgehead atoms. The fourth-order valence-corrected chi connectivity index (χ4v) is 2.08. The average Bonchev–Trinajstić information content (AvgIpc) is 2.80. The molecule has 2 aromatic heterocycles. The molecule has 0 aliphatic carbocycles. The molecule has 0 amide bonds. The van der Waals surface area contributed by atoms with Crippen molar-refractivity contribution in [1.82, 2.24) is 14.3 Å². The SMILES string of the molecule is Cc1nn(CC(=O)c2cccn2C)c(C)c1Br. The van der Waals surface area contributed by atoms with Crippen LogP contribution in [0.1, 0.15) is 21.9 Å². The molecule has 0 radical (unpaired) electrons. The second-order valence-corrected chi connectivity index (χ2v) is 4.86. The molecule has 17 heavy (non-hydrogen) atoms. The molecule has 5 heteroatoms. The van der Waals surface area contributed by atoms with Crippen molar-refractivity contribution in [3.8, 4) is 0 Å². The van der Waals surface area contributed by atoms with E-state index in [0.29, 0.717) is 5.69 Å². The molecule has 0 N–H and O–H groups in total. The van der Waals surface area contributed by atoms with Gasteiger partial charge in [-0.3, -0.25) is 9.48 Å². The Bertz CT molecular complexity index is 568. The molecule has 0 unspecified atom stereocenters. The van der Waals surface area contributed by atoms with E-state index in [0.717, 1.165) is 15.9 Å². The van der Waals surface area contributed by atoms with Crippen LogP contribution in [-0.4, -0.2) is 20.1 Å². The molecule has 2 aromatic rings. The maximum absolute atomic E-state index is 12.1. The van der Waals surface area contributed by atoms with Crippen LogP contribution in [0.2, 0.25) is 0 Å². The number of rotatable bonds is 3. The third kappa shape index (κ3) is 2.20. The summed E-state index contributed by atoms with van der Waals surface area (Å²) in [6, 6.07) is 3.69. The average molecular weight is 296 g/mol. The Morgan fingerprint density at radius 1 is 1.47 bits per heavy atom. The minimum Gasteiger partial charge on any atom is -0.348 e. The third-order valence-electron chi connectivity index (χ3n) is 2.82. The van der Waals surface area contributed by atoms with Crippen molar-refractivity contribution >= 4 is 21.7 Å². The van der Waals surface area contributed by atoms with Gasteiger partial charge in [-0.05, 0) is 41.9 Å². The van der Waals surface area contributed by atoms with Crippen molar-refractivity contribution in [3.63, 3.8) is 0 Å². The number of nitrogens with zero attached hydrogens (tertiary/aromatic N) is 3. The highest BCUT2D eigenvalue weighted by Gasteiger charge is 2.14. The molecule has 0 spiro atoms. The standard InChI is InChI=1S/C12H14BrN3O/c1-8-12(13)9(2)16(14-8)7-11(17)10-5-4-6-15(10)3/h4-6H,7H2,1-3H3. The lowest BCUT2D eigenvalue weighted by molar-refractivity contribution is 0.0959. The van der Waals surface area contributed by atoms with Crippen LogP contribution in [0, 0.1) is 13.8 Å². The van der Waals surface area contributed by atoms with Gasteiger partial charge in [0.1, 0.15) is 6.54 Å². The van der Waals surface area contributed by atoms with Crippen LogP contribution in [0.15, 0.2) is 22.8 Å². The molecule has 0 atom stereocenters. The lowest BCUT2D eigenvalue weighted by Gasteiger charge is -2.05. The molecular weight excluding hydrogens is 282 g/mol. The molecular formula is C12H14BrN3O. The van der Waals surface area contributed by atoms with Crippen molar-refractivity contribution in [2.75, 3.05) is 0 Å². The minimum absolute atomic E-state index is 0.0654. The quantitative estimate of drug-likeness (QED) is 0.816. The maximum Gasteiger partial charge on any atom is 0.200 e. The van der Waals surface area contributed by atoms with Crippen LogP contribution in [0.4, 0.5) is 0 Å². The zero-order chi connectivity index (χ0) is 12.6. The van der Waals surface area contributed by atoms with E-state index in [1.165, 1.54) is 0 Å². The summed E-state index contributed by atoms with van der Waals surface area (Å²) < 4.78 is 4.52. The highest BCUT2D eigenvalue weighted by molar-refractivity contribution is 9.10. The van der Waals surface area contributed by atoms with E-state index in [2.05, 4.69) is 21.0 Å². The van der Waals surface area contributed by atoms with E-state index in [-0.39, 0.29) is 12.3 Å². The number of aryl methyl sites for hydroxylation is 2. The summed E-state index contributed by atoms with van der Waals surface area (Å²) in [7, 11) is 1.87. The molecule has 0 fully saturated rings. The summed E-state index contributed by atoms with van der Waals surface area (Å²) in [6.45, 7) is 4.14. The summed E-state index contributed by atoms with van der Waals surface area (Å²) in [5.41, 5.74) is 2.58. The fraction of sp³-hybridized carbons (Fsp3) is 0.333. The highest BCUT2D eigenvalue weighted by atomic mass is 79.9. The lowest BCUT2D eigenvalue weighted by Crippen LogP contribution is -2.15. The van der Waals surface area contributed by atoms with Gasteiger partial charge in [0.05, 0.1) is 21.6 Å². The molecule has 0 saturated carbocycles. The molecule has 2 rings (SSSR count). The lowest BCUT2D eigenvalue weighted by atomic mass is 10.3. The number of Topliss-reactive ketones (excluding diaryl/α,β-unsaturated/α-hetero) is 1. The van der Waals surface area contributed by atoms with Crippen LogP contribution in [0.3, 0.4) is 0 Å². The van der Waals surface area contributed by atoms with Crippen LogP contribution in [0.25, 0.3) is 0 Å². The number of aromatic nitrogens is 3. The summed E-state index contributed by atoms with van der Waals surface area (Å²) in [4.78, 5) is 12.1. The van der Waals surface area contributed by atoms with Crippen molar-refractivity contribution in [1.29, 1.82) is 0 Å². The molecule has 0 saturated heterocycles. The predicted octanol–water partition coefficient (Wildman–Crippen LogP) is 2.48. The first-order valence-electron chi connectivity index (χ1n) is 5.34. The van der Waals surface area contributed by atoms with Gasteiger partial charge in [-0.1, -0.05) is 0 Å². The zero-order valence-electron chi connectivity index (χ0n) is 10.1. The molecule has 0 aromatic carbocycles. The summed E-state index contributed by atoms with van der Waals surface area (Å²) in [5, 5.41) is 4.33. The smallest absolute Gasteiger partial charge is 0.200 e. The largest absolute Gasteiger partial charge is 0.348 e. The molecule has 90 valence electrons. The second-order valence-electron chi connectivity index (χ2n) is 4.07. The second kappa shape index (κ2) is 4.49. The number of carbonyl (C=O) groups is 1. The third-order valence-corrected chi connectivity index (χ3v) is 3.96. The number of halogens is 1. The zero-order valence-corrected chi connectivity index (χ0v) is 11.7. The Labute approximate surface area is 108 Å². The summed E-state index contributed by atoms with van der Waals surface area (Å²) in [6.07, 6.45) is 1.87. The van der Waals surface area contributed by atoms with E-state index in [1.807, 2.05) is 43.8 Å². The van der Waals surface area contributed by atoms with Crippen LogP contribution >= 0.6 is 15.9 Å². The normalized spacial score (nSPS) is 10.8. The van der Waals surface area contributed by atoms with Crippen molar-refractivity contribution in [3.05, 3.63) is 39.9 Å². The van der Waals surface area contributed by atoms with E-state index < -0.39 is 0 Å². The van der Waals surface area contributed by atoms with Crippen molar-refractivity contribution in [2.24, 2.45) is 7.05 Å². The highest BCUT2D eigenvalue weighted by Crippen LogP contribution is 2.20. The molecule has 0 aliphatic heterocycles. The van der Waals surface area contributed by atoms with Gasteiger partial charge < -0.3 is 4.57 Å². The van der Waals surface area contributed by atoms with Crippen molar-refractivity contribution in [2.45, 2.75) is 20.4 Å². The van der Waals surface area contributed by atoms with Gasteiger partial charge in [-0.2, -0.15) is 5.10 Å². The topological polar surface area (TPSA) is 39.8 Å². The number of hydrogen-bond donors (Lipinski definition) is 0. The Balaban J connectivity index is 2.25. The number of ketones is 1. The van der Waals surface area contributed by atoms with E-state index in [9.17, 15) is 4.79 Å². The van der Waals surface area contributed by atoms with Crippen LogP contribution < -0.4 is 0 Å². The summed E-state index contributed by atoms with van der Waals surface area (Å²) >= 11 is 3.45. The molecule has 4 nitrogen and oxygen atoms in total. The van der Waals surface area contributed by atoms with Gasteiger partial charge in [0.15, 0.2) is 0 Å². The van der Waals surface area contributed by atoms with Gasteiger partial charge in [-0.25, -0.2) is 0 Å². The van der Waals surface area contributed by atoms with Gasteiger partial charge in [0, 0.05) is 13.2 Å². The summed E-state index contributed by atoms with van der Waals surface area (Å²) in [5.74, 6) is 0.0654. The van der Waals surface area contributed by atoms with E-state index >= 15 is 0 Å². The van der Waals surface area contributed by atoms with E-state index in [1.54, 1.807) is 4.68 Å². The predicted molar refractivity (Wildman–Crippen MR) is 69.1 cm³/mol. The van der Waals surface area contributed by atoms with E-state index in [4.69, 9.17) is 0 Å². The number of carbonyl (C=O) groups excluding carboxylic acids is 1. The first kappa shape index (κ1) is 12.1. The maximum atomic E-state index is 12.1. The number of hydrogen-bond acceptors (Lipinski definition) is 2. The Kier molecular flexibility index (Phi) is 3.19. The van der Waals surface area contributed by atoms with Gasteiger partial charge >= 0.3 is 0 Å². The van der Waals surface area contributed by atoms with Gasteiger partial charge in [-0.15, -0.1) is 0 Å². The molecule has 0 aliphatic rings. The minimum atomic E-state index is 0.0654. The Morgan fingerprint density at radius 2 is 2.18 bits per heavy atom. The van der Waals surface area contributed by atoms with Gasteiger partial charge in [0.2, 0.25) is 5.78 Å². The van der Waals surface area contributed by atoms with Crippen molar-refractivity contribution < 1.29 is 4.79 Å². The van der Waals surface area contributed by atoms with Crippen LogP contribution in [-0.2, 0) is 13.6 Å². The Morgan fingerprint density at radius 3 is 2.65 bits per heavy atom. The van der Waals surface area contributed by atoms with Gasteiger partial charge in [0.25, 0.3) is 0 Å². The first-order chi connectivity index (χ1) is 8.00. The Hall–Kier alpha value is -1.36. The van der Waals surface area contributed by atoms with Crippen LogP contribution in [0.5, 0.6) is 0 Å². The monoisotopic (exact) mass is 295 g/mol. The first-order valence-corrected chi connectivity index (χ1v) is 6.14.